The van der Waals surface area contributed by atoms with Crippen LogP contribution in [0.4, 0.5) is 0 Å². The molecule has 0 saturated carbocycles. The monoisotopic (exact) mass is 397 g/mol. The summed E-state index contributed by atoms with van der Waals surface area (Å²) in [7, 11) is 1.36. The number of phenols is 1. The van der Waals surface area contributed by atoms with Gasteiger partial charge in [0.05, 0.1) is 13.2 Å². The summed E-state index contributed by atoms with van der Waals surface area (Å²) >= 11 is 11.9. The molecule has 2 aromatic rings. The highest BCUT2D eigenvalue weighted by Gasteiger charge is 2.18. The van der Waals surface area contributed by atoms with Crippen LogP contribution >= 0.6 is 23.2 Å². The molecule has 2 aromatic carbocycles. The van der Waals surface area contributed by atoms with Crippen LogP contribution in [0.2, 0.25) is 10.0 Å². The highest BCUT2D eigenvalue weighted by atomic mass is 35.5. The first kappa shape index (κ1) is 19.9. The molecule has 1 atom stereocenters. The van der Waals surface area contributed by atoms with Gasteiger partial charge in [-0.1, -0.05) is 35.3 Å². The van der Waals surface area contributed by atoms with Gasteiger partial charge in [0.2, 0.25) is 0 Å². The third-order valence-electron chi connectivity index (χ3n) is 3.58. The van der Waals surface area contributed by atoms with Gasteiger partial charge >= 0.3 is 5.97 Å². The molecule has 6 nitrogen and oxygen atoms in total. The van der Waals surface area contributed by atoms with E-state index in [-0.39, 0.29) is 17.1 Å². The van der Waals surface area contributed by atoms with Crippen LogP contribution in [-0.4, -0.2) is 30.7 Å². The van der Waals surface area contributed by atoms with Crippen molar-refractivity contribution in [3.05, 3.63) is 57.6 Å². The van der Waals surface area contributed by atoms with Gasteiger partial charge in [-0.25, -0.2) is 4.79 Å². The number of hydrogen-bond donors (Lipinski definition) is 2. The fraction of sp³-hybridized carbons (Fsp3) is 0.222. The van der Waals surface area contributed by atoms with Crippen LogP contribution < -0.4 is 10.1 Å². The maximum absolute atomic E-state index is 12.0. The second-order valence-electron chi connectivity index (χ2n) is 5.39. The molecule has 0 aliphatic rings. The first-order valence-corrected chi connectivity index (χ1v) is 8.36. The number of esters is 1. The molecule has 0 aliphatic heterocycles. The lowest BCUT2D eigenvalue weighted by atomic mass is 10.1. The predicted octanol–water partition coefficient (Wildman–Crippen LogP) is 3.74. The number of benzene rings is 2. The fourth-order valence-electron chi connectivity index (χ4n) is 2.27. The molecule has 0 spiro atoms. The van der Waals surface area contributed by atoms with Gasteiger partial charge in [-0.3, -0.25) is 4.79 Å². The van der Waals surface area contributed by atoms with Crippen molar-refractivity contribution in [1.82, 2.24) is 5.32 Å². The normalized spacial score (nSPS) is 11.5. The molecule has 2 N–H and O–H groups in total. The van der Waals surface area contributed by atoms with Gasteiger partial charge in [-0.05, 0) is 36.8 Å². The van der Waals surface area contributed by atoms with E-state index in [2.05, 4.69) is 5.32 Å². The number of aromatic hydroxyl groups is 1. The maximum atomic E-state index is 12.0. The summed E-state index contributed by atoms with van der Waals surface area (Å²) in [4.78, 5) is 24.0. The van der Waals surface area contributed by atoms with Crippen LogP contribution in [0.5, 0.6) is 11.5 Å². The molecule has 0 bridgehead atoms. The van der Waals surface area contributed by atoms with Crippen molar-refractivity contribution < 1.29 is 24.2 Å². The summed E-state index contributed by atoms with van der Waals surface area (Å²) in [5.74, 6) is -1.57. The molecule has 8 heteroatoms. The van der Waals surface area contributed by atoms with E-state index < -0.39 is 24.5 Å². The molecule has 2 rings (SSSR count). The Morgan fingerprint density at radius 2 is 1.96 bits per heavy atom. The first-order chi connectivity index (χ1) is 12.3. The second kappa shape index (κ2) is 8.78. The van der Waals surface area contributed by atoms with Crippen molar-refractivity contribution in [3.8, 4) is 11.5 Å². The van der Waals surface area contributed by atoms with Crippen molar-refractivity contribution in [2.24, 2.45) is 0 Å². The number of rotatable bonds is 6. The van der Waals surface area contributed by atoms with Crippen LogP contribution in [0, 0.1) is 0 Å². The number of carbonyl (C=O) groups excluding carboxylic acids is 2. The quantitative estimate of drug-likeness (QED) is 0.725. The third kappa shape index (κ3) is 4.80. The number of phenolic OH excluding ortho intramolecular Hbond substituents is 1. The molecule has 0 aromatic heterocycles. The number of hydrogen-bond acceptors (Lipinski definition) is 5. The Kier molecular flexibility index (Phi) is 6.71. The Bertz CT molecular complexity index is 825. The van der Waals surface area contributed by atoms with E-state index in [0.717, 1.165) is 0 Å². The van der Waals surface area contributed by atoms with Gasteiger partial charge in [0.25, 0.3) is 5.91 Å². The van der Waals surface area contributed by atoms with E-state index in [4.69, 9.17) is 32.7 Å². The molecule has 1 unspecified atom stereocenters. The zero-order valence-corrected chi connectivity index (χ0v) is 15.6. The van der Waals surface area contributed by atoms with E-state index in [0.29, 0.717) is 15.6 Å². The largest absolute Gasteiger partial charge is 0.504 e. The van der Waals surface area contributed by atoms with Crippen molar-refractivity contribution >= 4 is 35.1 Å². The number of methoxy groups -OCH3 is 1. The molecule has 0 aliphatic carbocycles. The standard InChI is InChI=1S/C18H17Cl2NO5/c1-10(12-7-6-11(19)8-14(12)20)21-16(22)9-26-18(24)13-4-3-5-15(25-2)17(13)23/h3-8,10,23H,9H2,1-2H3,(H,21,22). The predicted molar refractivity (Wildman–Crippen MR) is 98.0 cm³/mol. The number of halogens is 2. The van der Waals surface area contributed by atoms with Crippen molar-refractivity contribution in [2.45, 2.75) is 13.0 Å². The third-order valence-corrected chi connectivity index (χ3v) is 4.14. The number of nitrogens with one attached hydrogen (secondary N) is 1. The Labute approximate surface area is 160 Å². The van der Waals surface area contributed by atoms with Crippen molar-refractivity contribution in [2.75, 3.05) is 13.7 Å². The Balaban J connectivity index is 1.95. The molecular formula is C18H17Cl2NO5. The number of amides is 1. The fourth-order valence-corrected chi connectivity index (χ4v) is 2.85. The van der Waals surface area contributed by atoms with Crippen LogP contribution in [0.1, 0.15) is 28.9 Å². The molecule has 0 fully saturated rings. The summed E-state index contributed by atoms with van der Waals surface area (Å²) in [5, 5.41) is 13.5. The van der Waals surface area contributed by atoms with E-state index in [1.165, 1.54) is 25.3 Å². The summed E-state index contributed by atoms with van der Waals surface area (Å²) < 4.78 is 9.86. The van der Waals surface area contributed by atoms with Gasteiger partial charge in [0.1, 0.15) is 5.56 Å². The van der Waals surface area contributed by atoms with Gasteiger partial charge in [0, 0.05) is 10.0 Å². The molecule has 1 amide bonds. The molecule has 0 radical (unpaired) electrons. The lowest BCUT2D eigenvalue weighted by Crippen LogP contribution is -2.31. The highest BCUT2D eigenvalue weighted by Crippen LogP contribution is 2.30. The van der Waals surface area contributed by atoms with E-state index in [9.17, 15) is 14.7 Å². The van der Waals surface area contributed by atoms with Crippen molar-refractivity contribution in [3.63, 3.8) is 0 Å². The Morgan fingerprint density at radius 3 is 2.62 bits per heavy atom. The van der Waals surface area contributed by atoms with Gasteiger partial charge in [-0.15, -0.1) is 0 Å². The van der Waals surface area contributed by atoms with E-state index in [1.807, 2.05) is 0 Å². The van der Waals surface area contributed by atoms with Crippen molar-refractivity contribution in [1.29, 1.82) is 0 Å². The summed E-state index contributed by atoms with van der Waals surface area (Å²) in [5.41, 5.74) is 0.590. The second-order valence-corrected chi connectivity index (χ2v) is 6.23. The zero-order valence-electron chi connectivity index (χ0n) is 14.1. The summed E-state index contributed by atoms with van der Waals surface area (Å²) in [6.45, 7) is 1.23. The van der Waals surface area contributed by atoms with Gasteiger partial charge < -0.3 is 19.9 Å². The molecular weight excluding hydrogens is 381 g/mol. The summed E-state index contributed by atoms with van der Waals surface area (Å²) in [6.07, 6.45) is 0. The SMILES string of the molecule is COc1cccc(C(=O)OCC(=O)NC(C)c2ccc(Cl)cc2Cl)c1O. The summed E-state index contributed by atoms with van der Waals surface area (Å²) in [6, 6.07) is 8.93. The first-order valence-electron chi connectivity index (χ1n) is 7.61. The number of carbonyl (C=O) groups is 2. The molecule has 0 heterocycles. The topological polar surface area (TPSA) is 84.9 Å². The zero-order chi connectivity index (χ0) is 19.3. The van der Waals surface area contributed by atoms with E-state index >= 15 is 0 Å². The van der Waals surface area contributed by atoms with Gasteiger partial charge in [0.15, 0.2) is 18.1 Å². The molecule has 138 valence electrons. The molecule has 0 saturated heterocycles. The minimum Gasteiger partial charge on any atom is -0.504 e. The van der Waals surface area contributed by atoms with Crippen LogP contribution in [0.3, 0.4) is 0 Å². The van der Waals surface area contributed by atoms with Crippen LogP contribution in [-0.2, 0) is 9.53 Å². The highest BCUT2D eigenvalue weighted by molar-refractivity contribution is 6.35. The van der Waals surface area contributed by atoms with Crippen LogP contribution in [0.15, 0.2) is 36.4 Å². The lowest BCUT2D eigenvalue weighted by Gasteiger charge is -2.16. The van der Waals surface area contributed by atoms with Crippen LogP contribution in [0.25, 0.3) is 0 Å². The number of ether oxygens (including phenoxy) is 2. The molecule has 26 heavy (non-hydrogen) atoms. The minimum atomic E-state index is -0.839. The average molecular weight is 398 g/mol. The Morgan fingerprint density at radius 1 is 1.23 bits per heavy atom. The van der Waals surface area contributed by atoms with E-state index in [1.54, 1.807) is 25.1 Å². The lowest BCUT2D eigenvalue weighted by molar-refractivity contribution is -0.124. The smallest absolute Gasteiger partial charge is 0.342 e. The average Bonchev–Trinajstić information content (AvgIpc) is 2.59. The Hall–Kier alpha value is -2.44. The van der Waals surface area contributed by atoms with Gasteiger partial charge in [-0.2, -0.15) is 0 Å². The maximum Gasteiger partial charge on any atom is 0.342 e. The minimum absolute atomic E-state index is 0.0917. The number of para-hydroxylation sites is 1.